The molecule has 1 saturated heterocycles. The Kier molecular flexibility index (Phi) is 10.6. The van der Waals surface area contributed by atoms with Crippen molar-refractivity contribution in [2.45, 2.75) is 0 Å². The van der Waals surface area contributed by atoms with Crippen LogP contribution >= 0.6 is 24.0 Å². The Hall–Kier alpha value is -1.46. The van der Waals surface area contributed by atoms with E-state index < -0.39 is 0 Å². The van der Waals surface area contributed by atoms with Crippen LogP contribution in [0.3, 0.4) is 0 Å². The Balaban J connectivity index is 0.000000438. The van der Waals surface area contributed by atoms with Crippen molar-refractivity contribution in [1.29, 1.82) is 0 Å². The van der Waals surface area contributed by atoms with Gasteiger partial charge >= 0.3 is 17.1 Å². The van der Waals surface area contributed by atoms with Crippen LogP contribution in [0.15, 0.2) is 36.4 Å². The van der Waals surface area contributed by atoms with Gasteiger partial charge in [0.25, 0.3) is 0 Å². The third kappa shape index (κ3) is 6.85. The van der Waals surface area contributed by atoms with Crippen LogP contribution in [0.4, 0.5) is 15.8 Å². The summed E-state index contributed by atoms with van der Waals surface area (Å²) in [5.41, 5.74) is 3.26. The topological polar surface area (TPSA) is 35.2 Å². The minimum atomic E-state index is -0.217. The molecule has 6 rings (SSSR count). The van der Waals surface area contributed by atoms with Crippen molar-refractivity contribution in [3.05, 3.63) is 117 Å². The van der Waals surface area contributed by atoms with E-state index in [9.17, 15) is 4.39 Å². The van der Waals surface area contributed by atoms with Gasteiger partial charge in [0.05, 0.1) is 16.7 Å². The zero-order valence-electron chi connectivity index (χ0n) is 18.8. The molecule has 2 heterocycles. The summed E-state index contributed by atoms with van der Waals surface area (Å²) in [7, 11) is 0. The van der Waals surface area contributed by atoms with E-state index in [2.05, 4.69) is 19.8 Å². The van der Waals surface area contributed by atoms with E-state index in [1.54, 1.807) is 6.07 Å². The second kappa shape index (κ2) is 13.2. The summed E-state index contributed by atoms with van der Waals surface area (Å²) >= 11 is 5.98. The molecular formula is C27H25Cl2FFeN4+2. The van der Waals surface area contributed by atoms with Gasteiger partial charge in [0.2, 0.25) is 0 Å². The number of halogens is 3. The largest absolute Gasteiger partial charge is 2.00 e. The van der Waals surface area contributed by atoms with Gasteiger partial charge in [-0.2, -0.15) is 0 Å². The first-order valence-electron chi connectivity index (χ1n) is 11.0. The Morgan fingerprint density at radius 2 is 1.37 bits per heavy atom. The van der Waals surface area contributed by atoms with Crippen LogP contribution < -0.4 is 9.80 Å². The van der Waals surface area contributed by atoms with Crippen LogP contribution in [0.1, 0.15) is 5.82 Å². The first-order chi connectivity index (χ1) is 16.2. The molecule has 0 unspecified atom stereocenters. The standard InChI is InChI=1S/C22H19ClFN4.C5H5.ClH.Fe/c23-16-5-7-17(8-6-16)27-9-11-28(12-10-27)21-14-20-19(13-18(21)24)25-22(26-20)15-3-1-2-4-15;1-2-4-5-3-1;;/h1-8,13-14H,9-12H2,(H,25,26);1-5H;1H;/q;;;+2. The molecule has 1 aromatic heterocycles. The van der Waals surface area contributed by atoms with Crippen LogP contribution in [0.5, 0.6) is 0 Å². The van der Waals surface area contributed by atoms with Gasteiger partial charge in [-0.25, -0.2) is 9.37 Å². The second-order valence-corrected chi connectivity index (χ2v) is 8.43. The minimum absolute atomic E-state index is 0. The van der Waals surface area contributed by atoms with Gasteiger partial charge in [0, 0.05) is 48.9 Å². The van der Waals surface area contributed by atoms with Gasteiger partial charge in [0.1, 0.15) is 11.6 Å². The van der Waals surface area contributed by atoms with E-state index in [1.807, 2.05) is 88.1 Å². The molecule has 0 amide bonds. The van der Waals surface area contributed by atoms with Crippen molar-refractivity contribution >= 4 is 46.4 Å². The van der Waals surface area contributed by atoms with E-state index in [1.165, 1.54) is 0 Å². The molecule has 3 fully saturated rings. The normalized spacial score (nSPS) is 18.1. The van der Waals surface area contributed by atoms with Crippen LogP contribution in [-0.4, -0.2) is 36.1 Å². The molecule has 0 spiro atoms. The van der Waals surface area contributed by atoms with Gasteiger partial charge in [0.15, 0.2) is 0 Å². The SMILES string of the molecule is Cl.Fc1cc2[nH]c([C]3[CH][CH][CH][CH]3)nc2cc1N1CCN(c2ccc(Cl)cc2)CC1.[CH]1[CH][CH][CH][CH]1.[Fe+2]. The molecule has 2 saturated carbocycles. The van der Waals surface area contributed by atoms with Crippen LogP contribution in [0.25, 0.3) is 11.0 Å². The summed E-state index contributed by atoms with van der Waals surface area (Å²) in [6, 6.07) is 11.3. The Morgan fingerprint density at radius 1 is 0.800 bits per heavy atom. The molecule has 180 valence electrons. The summed E-state index contributed by atoms with van der Waals surface area (Å²) in [4.78, 5) is 12.3. The third-order valence-electron chi connectivity index (χ3n) is 5.85. The number of H-pyrrole nitrogens is 1. The Morgan fingerprint density at radius 3 is 1.97 bits per heavy atom. The first-order valence-corrected chi connectivity index (χ1v) is 11.4. The van der Waals surface area contributed by atoms with Crippen molar-refractivity contribution in [3.8, 4) is 0 Å². The second-order valence-electron chi connectivity index (χ2n) is 7.99. The van der Waals surface area contributed by atoms with Gasteiger partial charge in [-0.3, -0.25) is 0 Å². The van der Waals surface area contributed by atoms with Crippen LogP contribution in [0, 0.1) is 69.5 Å². The molecule has 35 heavy (non-hydrogen) atoms. The zero-order chi connectivity index (χ0) is 22.6. The number of anilines is 2. The van der Waals surface area contributed by atoms with E-state index in [-0.39, 0.29) is 35.3 Å². The fraction of sp³-hybridized carbons (Fsp3) is 0.148. The molecule has 1 aliphatic heterocycles. The predicted molar refractivity (Wildman–Crippen MR) is 140 cm³/mol. The smallest absolute Gasteiger partial charge is 0.368 e. The summed E-state index contributed by atoms with van der Waals surface area (Å²) in [5, 5.41) is 0.734. The Bertz CT molecular complexity index is 1050. The number of hydrogen-bond acceptors (Lipinski definition) is 3. The van der Waals surface area contributed by atoms with Crippen molar-refractivity contribution < 1.29 is 21.5 Å². The fourth-order valence-electron chi connectivity index (χ4n) is 4.11. The molecular weight excluding hydrogens is 526 g/mol. The zero-order valence-corrected chi connectivity index (χ0v) is 21.5. The number of aromatic amines is 1. The van der Waals surface area contributed by atoms with Gasteiger partial charge < -0.3 is 14.8 Å². The average Bonchev–Trinajstić information content (AvgIpc) is 3.62. The monoisotopic (exact) mass is 550 g/mol. The number of imidazole rings is 1. The van der Waals surface area contributed by atoms with Crippen molar-refractivity contribution in [2.24, 2.45) is 0 Å². The van der Waals surface area contributed by atoms with Crippen molar-refractivity contribution in [3.63, 3.8) is 0 Å². The number of piperazine rings is 1. The molecule has 3 aliphatic rings. The number of nitrogens with one attached hydrogen (secondary N) is 1. The van der Waals surface area contributed by atoms with Gasteiger partial charge in [-0.15, -0.1) is 12.4 Å². The third-order valence-corrected chi connectivity index (χ3v) is 6.11. The number of fused-ring (bicyclic) bond motifs is 1. The van der Waals surface area contributed by atoms with E-state index >= 15 is 0 Å². The predicted octanol–water partition coefficient (Wildman–Crippen LogP) is 5.88. The number of aromatic nitrogens is 2. The maximum Gasteiger partial charge on any atom is 2.00 e. The molecule has 2 aliphatic carbocycles. The number of hydrogen-bond donors (Lipinski definition) is 1. The molecule has 0 atom stereocenters. The van der Waals surface area contributed by atoms with E-state index in [4.69, 9.17) is 11.6 Å². The Labute approximate surface area is 229 Å². The molecule has 2 aromatic carbocycles. The molecule has 8 heteroatoms. The van der Waals surface area contributed by atoms with Crippen LogP contribution in [0.2, 0.25) is 5.02 Å². The maximum atomic E-state index is 14.8. The molecule has 3 aromatic rings. The average molecular weight is 551 g/mol. The summed E-state index contributed by atoms with van der Waals surface area (Å²) in [5.74, 6) is 1.56. The molecule has 0 bridgehead atoms. The van der Waals surface area contributed by atoms with Gasteiger partial charge in [-0.1, -0.05) is 11.6 Å². The maximum absolute atomic E-state index is 14.8. The number of benzene rings is 2. The van der Waals surface area contributed by atoms with Gasteiger partial charge in [-0.05, 0) is 88.1 Å². The molecule has 10 radical (unpaired) electrons. The summed E-state index contributed by atoms with van der Waals surface area (Å²) in [6.45, 7) is 3.17. The van der Waals surface area contributed by atoms with Crippen molar-refractivity contribution in [2.75, 3.05) is 36.0 Å². The summed E-state index contributed by atoms with van der Waals surface area (Å²) < 4.78 is 14.8. The van der Waals surface area contributed by atoms with E-state index in [0.717, 1.165) is 59.7 Å². The number of nitrogens with zero attached hydrogens (tertiary/aromatic N) is 3. The fourth-order valence-corrected chi connectivity index (χ4v) is 4.23. The number of rotatable bonds is 3. The summed E-state index contributed by atoms with van der Waals surface area (Å²) in [6.07, 6.45) is 17.9. The van der Waals surface area contributed by atoms with Crippen molar-refractivity contribution in [1.82, 2.24) is 9.97 Å². The molecule has 1 N–H and O–H groups in total. The first kappa shape index (κ1) is 28.1. The minimum Gasteiger partial charge on any atom is -0.368 e. The van der Waals surface area contributed by atoms with Crippen LogP contribution in [-0.2, 0) is 17.1 Å². The molecule has 4 nitrogen and oxygen atoms in total. The van der Waals surface area contributed by atoms with E-state index in [0.29, 0.717) is 5.69 Å². The quantitative estimate of drug-likeness (QED) is 0.414.